The molecular formula is C8H16O5. The van der Waals surface area contributed by atoms with Crippen molar-refractivity contribution in [3.63, 3.8) is 0 Å². The average molecular weight is 192 g/mol. The molecule has 0 aromatic rings. The Bertz CT molecular complexity index is 161. The third-order valence-electron chi connectivity index (χ3n) is 2.46. The van der Waals surface area contributed by atoms with Crippen LogP contribution in [0.4, 0.5) is 0 Å². The summed E-state index contributed by atoms with van der Waals surface area (Å²) >= 11 is 0. The zero-order valence-electron chi connectivity index (χ0n) is 7.75. The zero-order chi connectivity index (χ0) is 10.0. The van der Waals surface area contributed by atoms with Gasteiger partial charge in [0.2, 0.25) is 0 Å². The van der Waals surface area contributed by atoms with Crippen LogP contribution < -0.4 is 0 Å². The van der Waals surface area contributed by atoms with Crippen LogP contribution in [0.5, 0.6) is 0 Å². The van der Waals surface area contributed by atoms with Gasteiger partial charge in [0.1, 0.15) is 12.2 Å². The maximum absolute atomic E-state index is 9.63. The molecule has 0 spiro atoms. The normalized spacial score (nSPS) is 46.4. The fraction of sp³-hybridized carbons (Fsp3) is 1.00. The highest BCUT2D eigenvalue weighted by molar-refractivity contribution is 4.87. The van der Waals surface area contributed by atoms with Crippen molar-refractivity contribution in [1.82, 2.24) is 0 Å². The molecule has 3 N–H and O–H groups in total. The largest absolute Gasteiger partial charge is 0.394 e. The first kappa shape index (κ1) is 10.9. The van der Waals surface area contributed by atoms with E-state index in [2.05, 4.69) is 0 Å². The van der Waals surface area contributed by atoms with E-state index in [-0.39, 0.29) is 6.61 Å². The van der Waals surface area contributed by atoms with E-state index >= 15 is 0 Å². The molecule has 1 aliphatic heterocycles. The van der Waals surface area contributed by atoms with E-state index in [0.29, 0.717) is 0 Å². The summed E-state index contributed by atoms with van der Waals surface area (Å²) in [5, 5.41) is 27.8. The van der Waals surface area contributed by atoms with Crippen molar-refractivity contribution in [2.45, 2.75) is 31.5 Å². The van der Waals surface area contributed by atoms with Gasteiger partial charge < -0.3 is 24.8 Å². The van der Waals surface area contributed by atoms with E-state index in [9.17, 15) is 10.2 Å². The van der Waals surface area contributed by atoms with Crippen LogP contribution in [0.2, 0.25) is 0 Å². The molecule has 5 nitrogen and oxygen atoms in total. The summed E-state index contributed by atoms with van der Waals surface area (Å²) in [5.74, 6) is -0.409. The molecule has 78 valence electrons. The maximum atomic E-state index is 9.63. The molecule has 5 heteroatoms. The molecule has 13 heavy (non-hydrogen) atoms. The van der Waals surface area contributed by atoms with Crippen molar-refractivity contribution >= 4 is 0 Å². The number of ether oxygens (including phenoxy) is 2. The lowest BCUT2D eigenvalue weighted by molar-refractivity contribution is -0.270. The summed E-state index contributed by atoms with van der Waals surface area (Å²) in [6.07, 6.45) is -3.10. The van der Waals surface area contributed by atoms with E-state index < -0.39 is 30.5 Å². The standard InChI is InChI=1S/C8H16O5/c1-4-6(10)7(12-2)5(3-9)13-8(4)11/h4-11H,3H2,1-2H3/t4-,5+,6+,7+,8?/m0/s1. The molecule has 1 saturated heterocycles. The van der Waals surface area contributed by atoms with E-state index in [1.54, 1.807) is 6.92 Å². The molecular weight excluding hydrogens is 176 g/mol. The van der Waals surface area contributed by atoms with Crippen LogP contribution in [0.1, 0.15) is 6.92 Å². The van der Waals surface area contributed by atoms with Crippen LogP contribution >= 0.6 is 0 Å². The summed E-state index contributed by atoms with van der Waals surface area (Å²) < 4.78 is 10.0. The molecule has 0 aromatic carbocycles. The fourth-order valence-electron chi connectivity index (χ4n) is 1.51. The minimum Gasteiger partial charge on any atom is -0.394 e. The summed E-state index contributed by atoms with van der Waals surface area (Å²) in [6.45, 7) is 1.38. The molecule has 1 aliphatic rings. The van der Waals surface area contributed by atoms with Crippen molar-refractivity contribution < 1.29 is 24.8 Å². The quantitative estimate of drug-likeness (QED) is 0.507. The third-order valence-corrected chi connectivity index (χ3v) is 2.46. The van der Waals surface area contributed by atoms with Crippen LogP contribution in [0, 0.1) is 5.92 Å². The minimum atomic E-state index is -1.04. The second-order valence-corrected chi connectivity index (χ2v) is 3.30. The van der Waals surface area contributed by atoms with E-state index in [0.717, 1.165) is 0 Å². The lowest BCUT2D eigenvalue weighted by Gasteiger charge is -2.40. The zero-order valence-corrected chi connectivity index (χ0v) is 7.75. The Hall–Kier alpha value is -0.200. The Balaban J connectivity index is 2.69. The van der Waals surface area contributed by atoms with E-state index in [4.69, 9.17) is 14.6 Å². The summed E-state index contributed by atoms with van der Waals surface area (Å²) in [6, 6.07) is 0. The van der Waals surface area contributed by atoms with Crippen LogP contribution in [0.3, 0.4) is 0 Å². The molecule has 1 rings (SSSR count). The second-order valence-electron chi connectivity index (χ2n) is 3.30. The Morgan fingerprint density at radius 1 is 1.38 bits per heavy atom. The Morgan fingerprint density at radius 2 is 2.00 bits per heavy atom. The van der Waals surface area contributed by atoms with Gasteiger partial charge in [-0.15, -0.1) is 0 Å². The van der Waals surface area contributed by atoms with E-state index in [1.165, 1.54) is 7.11 Å². The number of hydrogen-bond donors (Lipinski definition) is 3. The van der Waals surface area contributed by atoms with Crippen LogP contribution in [0.15, 0.2) is 0 Å². The fourth-order valence-corrected chi connectivity index (χ4v) is 1.51. The summed E-state index contributed by atoms with van der Waals surface area (Å²) in [7, 11) is 1.43. The second kappa shape index (κ2) is 4.34. The van der Waals surface area contributed by atoms with Gasteiger partial charge in [-0.1, -0.05) is 6.92 Å². The van der Waals surface area contributed by atoms with Gasteiger partial charge in [0.15, 0.2) is 6.29 Å². The highest BCUT2D eigenvalue weighted by Gasteiger charge is 2.42. The monoisotopic (exact) mass is 192 g/mol. The molecule has 0 amide bonds. The first-order valence-electron chi connectivity index (χ1n) is 4.27. The third kappa shape index (κ3) is 2.00. The first-order chi connectivity index (χ1) is 6.11. The smallest absolute Gasteiger partial charge is 0.160 e. The molecule has 0 aromatic heterocycles. The highest BCUT2D eigenvalue weighted by Crippen LogP contribution is 2.25. The molecule has 1 fully saturated rings. The molecule has 0 radical (unpaired) electrons. The molecule has 1 unspecified atom stereocenters. The highest BCUT2D eigenvalue weighted by atomic mass is 16.6. The van der Waals surface area contributed by atoms with Gasteiger partial charge in [-0.05, 0) is 0 Å². The van der Waals surface area contributed by atoms with Gasteiger partial charge >= 0.3 is 0 Å². The average Bonchev–Trinajstić information content (AvgIpc) is 2.13. The maximum Gasteiger partial charge on any atom is 0.160 e. The van der Waals surface area contributed by atoms with Gasteiger partial charge in [0.25, 0.3) is 0 Å². The van der Waals surface area contributed by atoms with Gasteiger partial charge in [-0.25, -0.2) is 0 Å². The van der Waals surface area contributed by atoms with Crippen molar-refractivity contribution in [3.05, 3.63) is 0 Å². The Labute approximate surface area is 76.9 Å². The Morgan fingerprint density at radius 3 is 2.46 bits per heavy atom. The lowest BCUT2D eigenvalue weighted by atomic mass is 9.92. The number of methoxy groups -OCH3 is 1. The van der Waals surface area contributed by atoms with Crippen molar-refractivity contribution in [2.75, 3.05) is 13.7 Å². The number of hydrogen-bond acceptors (Lipinski definition) is 5. The number of aliphatic hydroxyl groups is 3. The van der Waals surface area contributed by atoms with Crippen molar-refractivity contribution in [3.8, 4) is 0 Å². The molecule has 0 bridgehead atoms. The molecule has 0 aliphatic carbocycles. The predicted molar refractivity (Wildman–Crippen MR) is 43.9 cm³/mol. The molecule has 0 saturated carbocycles. The lowest BCUT2D eigenvalue weighted by Crippen LogP contribution is -2.55. The van der Waals surface area contributed by atoms with Crippen LogP contribution in [-0.2, 0) is 9.47 Å². The predicted octanol–water partition coefficient (Wildman–Crippen LogP) is -1.29. The summed E-state index contributed by atoms with van der Waals surface area (Å²) in [5.41, 5.74) is 0. The Kier molecular flexibility index (Phi) is 3.63. The number of aliphatic hydroxyl groups excluding tert-OH is 3. The van der Waals surface area contributed by atoms with Crippen molar-refractivity contribution in [2.24, 2.45) is 5.92 Å². The van der Waals surface area contributed by atoms with Gasteiger partial charge in [0.05, 0.1) is 12.7 Å². The van der Waals surface area contributed by atoms with Gasteiger partial charge in [-0.3, -0.25) is 0 Å². The first-order valence-corrected chi connectivity index (χ1v) is 4.27. The summed E-state index contributed by atoms with van der Waals surface area (Å²) in [4.78, 5) is 0. The van der Waals surface area contributed by atoms with Gasteiger partial charge in [-0.2, -0.15) is 0 Å². The molecule has 1 heterocycles. The topological polar surface area (TPSA) is 79.2 Å². The van der Waals surface area contributed by atoms with E-state index in [1.807, 2.05) is 0 Å². The van der Waals surface area contributed by atoms with Crippen molar-refractivity contribution in [1.29, 1.82) is 0 Å². The van der Waals surface area contributed by atoms with Gasteiger partial charge in [0, 0.05) is 13.0 Å². The number of rotatable bonds is 2. The van der Waals surface area contributed by atoms with Crippen LogP contribution in [0.25, 0.3) is 0 Å². The van der Waals surface area contributed by atoms with Crippen LogP contribution in [-0.4, -0.2) is 53.6 Å². The SMILES string of the molecule is CO[C@H]1[C@H](O)[C@H](C)C(O)O[C@@H]1CO. The molecule has 5 atom stereocenters. The minimum absolute atomic E-state index is 0.278.